The van der Waals surface area contributed by atoms with Crippen LogP contribution >= 0.6 is 27.5 Å². The predicted octanol–water partition coefficient (Wildman–Crippen LogP) is 5.28. The van der Waals surface area contributed by atoms with E-state index in [0.29, 0.717) is 17.1 Å². The minimum absolute atomic E-state index is 0.135. The van der Waals surface area contributed by atoms with E-state index >= 15 is 0 Å². The molecule has 0 saturated heterocycles. The number of aryl methyl sites for hydroxylation is 1. The second kappa shape index (κ2) is 10.4. The Hall–Kier alpha value is -2.19. The van der Waals surface area contributed by atoms with Gasteiger partial charge in [-0.15, -0.1) is 0 Å². The summed E-state index contributed by atoms with van der Waals surface area (Å²) < 4.78 is 28.5. The number of carbonyl (C=O) groups excluding carboxylic acids is 1. The molecule has 0 atom stereocenters. The first-order valence-electron chi connectivity index (χ1n) is 9.61. The van der Waals surface area contributed by atoms with Crippen LogP contribution in [-0.4, -0.2) is 31.7 Å². The maximum absolute atomic E-state index is 13.3. The van der Waals surface area contributed by atoms with Crippen LogP contribution in [-0.2, 0) is 21.2 Å². The zero-order valence-corrected chi connectivity index (χ0v) is 20.0. The second-order valence-electron chi connectivity index (χ2n) is 7.04. The van der Waals surface area contributed by atoms with Crippen LogP contribution < -0.4 is 5.32 Å². The van der Waals surface area contributed by atoms with E-state index < -0.39 is 15.9 Å². The summed E-state index contributed by atoms with van der Waals surface area (Å²) in [6.07, 6.45) is 0.486. The lowest BCUT2D eigenvalue weighted by atomic mass is 10.1. The second-order valence-corrected chi connectivity index (χ2v) is 10.3. The van der Waals surface area contributed by atoms with Gasteiger partial charge < -0.3 is 5.32 Å². The Morgan fingerprint density at radius 3 is 2.39 bits per heavy atom. The molecule has 0 unspecified atom stereocenters. The van der Waals surface area contributed by atoms with E-state index in [1.54, 1.807) is 30.3 Å². The lowest BCUT2D eigenvalue weighted by Crippen LogP contribution is -2.39. The van der Waals surface area contributed by atoms with Crippen molar-refractivity contribution < 1.29 is 13.2 Å². The van der Waals surface area contributed by atoms with Crippen LogP contribution in [0.1, 0.15) is 11.1 Å². The molecule has 3 rings (SSSR count). The van der Waals surface area contributed by atoms with Gasteiger partial charge in [-0.25, -0.2) is 8.42 Å². The molecule has 0 radical (unpaired) electrons. The molecule has 0 bridgehead atoms. The average molecular weight is 522 g/mol. The average Bonchev–Trinajstić information content (AvgIpc) is 2.74. The summed E-state index contributed by atoms with van der Waals surface area (Å²) in [6.45, 7) is 1.71. The Kier molecular flexibility index (Phi) is 7.89. The highest BCUT2D eigenvalue weighted by molar-refractivity contribution is 9.10. The molecule has 0 aliphatic carbocycles. The molecule has 0 aliphatic heterocycles. The third-order valence-corrected chi connectivity index (χ3v) is 7.36. The van der Waals surface area contributed by atoms with Gasteiger partial charge in [0, 0.05) is 21.7 Å². The monoisotopic (exact) mass is 520 g/mol. The minimum atomic E-state index is -3.87. The number of nitrogens with zero attached hydrogens (tertiary/aromatic N) is 1. The van der Waals surface area contributed by atoms with E-state index in [1.165, 1.54) is 16.4 Å². The number of nitrogens with one attached hydrogen (secondary N) is 1. The molecule has 5 nitrogen and oxygen atoms in total. The van der Waals surface area contributed by atoms with Gasteiger partial charge in [-0.1, -0.05) is 63.9 Å². The molecule has 0 fully saturated rings. The van der Waals surface area contributed by atoms with Crippen LogP contribution in [0.25, 0.3) is 0 Å². The van der Waals surface area contributed by atoms with Crippen molar-refractivity contribution in [1.29, 1.82) is 0 Å². The summed E-state index contributed by atoms with van der Waals surface area (Å²) in [5.74, 6) is -0.431. The van der Waals surface area contributed by atoms with Crippen molar-refractivity contribution in [2.45, 2.75) is 18.2 Å². The summed E-state index contributed by atoms with van der Waals surface area (Å²) in [5.41, 5.74) is 2.38. The normalized spacial score (nSPS) is 11.5. The number of rotatable bonds is 8. The van der Waals surface area contributed by atoms with E-state index in [4.69, 9.17) is 11.6 Å². The van der Waals surface area contributed by atoms with Gasteiger partial charge >= 0.3 is 0 Å². The van der Waals surface area contributed by atoms with Crippen LogP contribution in [0.3, 0.4) is 0 Å². The molecule has 8 heteroatoms. The third kappa shape index (κ3) is 6.40. The third-order valence-electron chi connectivity index (χ3n) is 4.74. The summed E-state index contributed by atoms with van der Waals surface area (Å²) in [5, 5.41) is 3.27. The highest BCUT2D eigenvalue weighted by Gasteiger charge is 2.26. The number of sulfonamides is 1. The van der Waals surface area contributed by atoms with E-state index in [-0.39, 0.29) is 18.0 Å². The first-order valence-corrected chi connectivity index (χ1v) is 12.2. The molecule has 0 heterocycles. The number of carbonyl (C=O) groups is 1. The van der Waals surface area contributed by atoms with Crippen LogP contribution in [0, 0.1) is 6.92 Å². The number of hydrogen-bond donors (Lipinski definition) is 1. The van der Waals surface area contributed by atoms with E-state index in [2.05, 4.69) is 21.2 Å². The van der Waals surface area contributed by atoms with Crippen molar-refractivity contribution in [1.82, 2.24) is 4.31 Å². The zero-order chi connectivity index (χ0) is 22.4. The van der Waals surface area contributed by atoms with Crippen molar-refractivity contribution in [3.05, 3.63) is 93.4 Å². The van der Waals surface area contributed by atoms with Gasteiger partial charge in [-0.3, -0.25) is 4.79 Å². The summed E-state index contributed by atoms with van der Waals surface area (Å²) in [7, 11) is -3.87. The number of anilines is 1. The quantitative estimate of drug-likeness (QED) is 0.438. The largest absolute Gasteiger partial charge is 0.325 e. The topological polar surface area (TPSA) is 66.5 Å². The van der Waals surface area contributed by atoms with Crippen molar-refractivity contribution in [2.24, 2.45) is 0 Å². The molecule has 3 aromatic rings. The summed E-state index contributed by atoms with van der Waals surface area (Å²) >= 11 is 9.34. The Labute approximate surface area is 196 Å². The first kappa shape index (κ1) is 23.5. The van der Waals surface area contributed by atoms with Crippen LogP contribution in [0.15, 0.2) is 82.2 Å². The fourth-order valence-corrected chi connectivity index (χ4v) is 4.85. The maximum atomic E-state index is 13.3. The lowest BCUT2D eigenvalue weighted by molar-refractivity contribution is -0.116. The molecule has 0 aromatic heterocycles. The summed E-state index contributed by atoms with van der Waals surface area (Å²) in [4.78, 5) is 12.9. The first-order chi connectivity index (χ1) is 14.8. The molecular weight excluding hydrogens is 500 g/mol. The van der Waals surface area contributed by atoms with Crippen molar-refractivity contribution in [2.75, 3.05) is 18.4 Å². The summed E-state index contributed by atoms with van der Waals surface area (Å²) in [6, 6.07) is 21.1. The fourth-order valence-electron chi connectivity index (χ4n) is 3.02. The fraction of sp³-hybridized carbons (Fsp3) is 0.174. The molecule has 162 valence electrons. The SMILES string of the molecule is Cc1ccc(Cl)cc1NC(=O)CN(CCc1ccccc1)S(=O)(=O)c1ccc(Br)cc1. The number of amides is 1. The van der Waals surface area contributed by atoms with Crippen LogP contribution in [0.4, 0.5) is 5.69 Å². The van der Waals surface area contributed by atoms with E-state index in [0.717, 1.165) is 15.6 Å². The van der Waals surface area contributed by atoms with Crippen LogP contribution in [0.5, 0.6) is 0 Å². The highest BCUT2D eigenvalue weighted by Crippen LogP contribution is 2.22. The Bertz CT molecular complexity index is 1150. The molecular formula is C23H22BrClN2O3S. The smallest absolute Gasteiger partial charge is 0.243 e. The Morgan fingerprint density at radius 1 is 1.03 bits per heavy atom. The lowest BCUT2D eigenvalue weighted by Gasteiger charge is -2.22. The van der Waals surface area contributed by atoms with Gasteiger partial charge in [0.1, 0.15) is 0 Å². The zero-order valence-electron chi connectivity index (χ0n) is 16.9. The Balaban J connectivity index is 1.83. The number of benzene rings is 3. The van der Waals surface area contributed by atoms with Crippen molar-refractivity contribution >= 4 is 49.1 Å². The molecule has 0 spiro atoms. The van der Waals surface area contributed by atoms with Crippen molar-refractivity contribution in [3.8, 4) is 0 Å². The molecule has 1 amide bonds. The molecule has 3 aromatic carbocycles. The van der Waals surface area contributed by atoms with Gasteiger partial charge in [0.15, 0.2) is 0 Å². The molecule has 31 heavy (non-hydrogen) atoms. The van der Waals surface area contributed by atoms with Crippen LogP contribution in [0.2, 0.25) is 5.02 Å². The van der Waals surface area contributed by atoms with Crippen molar-refractivity contribution in [3.63, 3.8) is 0 Å². The van der Waals surface area contributed by atoms with Gasteiger partial charge in [0.25, 0.3) is 0 Å². The van der Waals surface area contributed by atoms with E-state index in [9.17, 15) is 13.2 Å². The molecule has 0 aliphatic rings. The van der Waals surface area contributed by atoms with Gasteiger partial charge in [0.05, 0.1) is 11.4 Å². The highest BCUT2D eigenvalue weighted by atomic mass is 79.9. The molecule has 1 N–H and O–H groups in total. The van der Waals surface area contributed by atoms with Gasteiger partial charge in [0.2, 0.25) is 15.9 Å². The standard InChI is InChI=1S/C23H22BrClN2O3S/c1-17-7-10-20(25)15-22(17)26-23(28)16-27(14-13-18-5-3-2-4-6-18)31(29,30)21-11-8-19(24)9-12-21/h2-12,15H,13-14,16H2,1H3,(H,26,28). The Morgan fingerprint density at radius 2 is 1.71 bits per heavy atom. The van der Waals surface area contributed by atoms with E-state index in [1.807, 2.05) is 37.3 Å². The number of hydrogen-bond acceptors (Lipinski definition) is 3. The maximum Gasteiger partial charge on any atom is 0.243 e. The predicted molar refractivity (Wildman–Crippen MR) is 128 cm³/mol. The molecule has 0 saturated carbocycles. The number of halogens is 2. The minimum Gasteiger partial charge on any atom is -0.325 e. The van der Waals surface area contributed by atoms with Gasteiger partial charge in [-0.2, -0.15) is 4.31 Å². The van der Waals surface area contributed by atoms with Gasteiger partial charge in [-0.05, 0) is 60.9 Å².